The third kappa shape index (κ3) is 4.43. The summed E-state index contributed by atoms with van der Waals surface area (Å²) in [5.74, 6) is -0.00428. The third-order valence-corrected chi connectivity index (χ3v) is 3.98. The van der Waals surface area contributed by atoms with Gasteiger partial charge in [0.25, 0.3) is 5.91 Å². The summed E-state index contributed by atoms with van der Waals surface area (Å²) >= 11 is 0. The van der Waals surface area contributed by atoms with E-state index in [9.17, 15) is 4.79 Å². The number of hydrogen-bond donors (Lipinski definition) is 2. The second-order valence-electron chi connectivity index (χ2n) is 5.74. The van der Waals surface area contributed by atoms with Crippen LogP contribution in [0.15, 0.2) is 18.2 Å². The quantitative estimate of drug-likeness (QED) is 0.876. The van der Waals surface area contributed by atoms with Crippen LogP contribution in [0, 0.1) is 13.8 Å². The maximum atomic E-state index is 12.3. The molecule has 1 fully saturated rings. The Morgan fingerprint density at radius 2 is 2.19 bits per heavy atom. The van der Waals surface area contributed by atoms with E-state index in [0.29, 0.717) is 13.2 Å². The summed E-state index contributed by atoms with van der Waals surface area (Å²) in [6, 6.07) is 5.95. The molecule has 1 aliphatic heterocycles. The highest BCUT2D eigenvalue weighted by Gasteiger charge is 2.33. The average molecular weight is 313 g/mol. The van der Waals surface area contributed by atoms with E-state index >= 15 is 0 Å². The highest BCUT2D eigenvalue weighted by molar-refractivity contribution is 5.95. The van der Waals surface area contributed by atoms with E-state index in [1.807, 2.05) is 32.0 Å². The fraction of sp³-hybridized carbons (Fsp3) is 0.562. The maximum Gasteiger partial charge on any atom is 0.251 e. The molecule has 5 heteroatoms. The molecule has 1 saturated heterocycles. The number of carbonyl (C=O) groups excluding carboxylic acids is 1. The minimum atomic E-state index is -0.109. The fourth-order valence-corrected chi connectivity index (χ4v) is 2.80. The number of methoxy groups -OCH3 is 1. The van der Waals surface area contributed by atoms with Crippen LogP contribution in [0.1, 0.15) is 34.3 Å². The van der Waals surface area contributed by atoms with Crippen molar-refractivity contribution < 1.29 is 9.53 Å². The summed E-state index contributed by atoms with van der Waals surface area (Å²) in [5.41, 5.74) is 2.76. The number of hydrogen-bond acceptors (Lipinski definition) is 3. The van der Waals surface area contributed by atoms with Crippen LogP contribution in [0.4, 0.5) is 0 Å². The monoisotopic (exact) mass is 312 g/mol. The predicted molar refractivity (Wildman–Crippen MR) is 87.3 cm³/mol. The zero-order valence-electron chi connectivity index (χ0n) is 13.0. The standard InChI is InChI=1S/C16H24N2O2.ClH/c1-12-5-6-13(2)14(9-12)15(19)17-10-16(11-20-3)7-4-8-18-16;/h5-6,9,18H,4,7-8,10-11H2,1-3H3,(H,17,19);1H. The van der Waals surface area contributed by atoms with Gasteiger partial charge in [0.15, 0.2) is 0 Å². The maximum absolute atomic E-state index is 12.3. The molecule has 1 aliphatic rings. The molecule has 2 N–H and O–H groups in total. The van der Waals surface area contributed by atoms with Crippen molar-refractivity contribution in [2.24, 2.45) is 0 Å². The van der Waals surface area contributed by atoms with E-state index in [0.717, 1.165) is 36.1 Å². The number of amides is 1. The lowest BCUT2D eigenvalue weighted by atomic mass is 9.98. The van der Waals surface area contributed by atoms with E-state index in [2.05, 4.69) is 10.6 Å². The molecule has 1 atom stereocenters. The molecule has 1 unspecified atom stereocenters. The van der Waals surface area contributed by atoms with Gasteiger partial charge in [0, 0.05) is 19.2 Å². The summed E-state index contributed by atoms with van der Waals surface area (Å²) in [5, 5.41) is 6.52. The van der Waals surface area contributed by atoms with Crippen LogP contribution in [-0.4, -0.2) is 38.3 Å². The molecule has 118 valence electrons. The summed E-state index contributed by atoms with van der Waals surface area (Å²) in [6.45, 7) is 6.18. The van der Waals surface area contributed by atoms with Gasteiger partial charge >= 0.3 is 0 Å². The lowest BCUT2D eigenvalue weighted by molar-refractivity contribution is 0.0891. The molecule has 0 spiro atoms. The Morgan fingerprint density at radius 3 is 2.81 bits per heavy atom. The summed E-state index contributed by atoms with van der Waals surface area (Å²) < 4.78 is 5.30. The molecule has 21 heavy (non-hydrogen) atoms. The molecule has 0 aromatic heterocycles. The van der Waals surface area contributed by atoms with Crippen LogP contribution in [0.25, 0.3) is 0 Å². The van der Waals surface area contributed by atoms with Gasteiger partial charge in [0.05, 0.1) is 12.1 Å². The van der Waals surface area contributed by atoms with Crippen molar-refractivity contribution in [3.63, 3.8) is 0 Å². The van der Waals surface area contributed by atoms with Gasteiger partial charge in [-0.05, 0) is 44.9 Å². The van der Waals surface area contributed by atoms with Crippen molar-refractivity contribution in [2.45, 2.75) is 32.2 Å². The van der Waals surface area contributed by atoms with Gasteiger partial charge in [-0.3, -0.25) is 4.79 Å². The van der Waals surface area contributed by atoms with Crippen LogP contribution in [0.2, 0.25) is 0 Å². The van der Waals surface area contributed by atoms with E-state index in [-0.39, 0.29) is 23.9 Å². The molecule has 0 bridgehead atoms. The van der Waals surface area contributed by atoms with Gasteiger partial charge in [-0.2, -0.15) is 0 Å². The molecule has 2 rings (SSSR count). The second-order valence-corrected chi connectivity index (χ2v) is 5.74. The SMILES string of the molecule is COCC1(CNC(=O)c2cc(C)ccc2C)CCCN1.Cl. The molecule has 4 nitrogen and oxygen atoms in total. The van der Waals surface area contributed by atoms with Gasteiger partial charge in [0.2, 0.25) is 0 Å². The highest BCUT2D eigenvalue weighted by Crippen LogP contribution is 2.19. The van der Waals surface area contributed by atoms with E-state index in [1.165, 1.54) is 0 Å². The van der Waals surface area contributed by atoms with E-state index in [4.69, 9.17) is 4.74 Å². The highest BCUT2D eigenvalue weighted by atomic mass is 35.5. The average Bonchev–Trinajstić information content (AvgIpc) is 2.88. The number of aryl methyl sites for hydroxylation is 2. The number of benzene rings is 1. The topological polar surface area (TPSA) is 50.4 Å². The first kappa shape index (κ1) is 18.0. The van der Waals surface area contributed by atoms with Gasteiger partial charge in [-0.25, -0.2) is 0 Å². The van der Waals surface area contributed by atoms with Crippen molar-refractivity contribution in [1.82, 2.24) is 10.6 Å². The molecule has 1 amide bonds. The van der Waals surface area contributed by atoms with E-state index < -0.39 is 0 Å². The number of carbonyl (C=O) groups is 1. The number of nitrogens with one attached hydrogen (secondary N) is 2. The minimum Gasteiger partial charge on any atom is -0.383 e. The van der Waals surface area contributed by atoms with Crippen LogP contribution in [0.5, 0.6) is 0 Å². The van der Waals surface area contributed by atoms with Crippen molar-refractivity contribution in [3.8, 4) is 0 Å². The number of ether oxygens (including phenoxy) is 1. The molecule has 1 heterocycles. The van der Waals surface area contributed by atoms with E-state index in [1.54, 1.807) is 7.11 Å². The van der Waals surface area contributed by atoms with Gasteiger partial charge in [-0.1, -0.05) is 17.7 Å². The predicted octanol–water partition coefficient (Wildman–Crippen LogP) is 2.22. The van der Waals surface area contributed by atoms with Crippen LogP contribution in [-0.2, 0) is 4.74 Å². The summed E-state index contributed by atoms with van der Waals surface area (Å²) in [7, 11) is 1.70. The zero-order chi connectivity index (χ0) is 14.6. The Bertz CT molecular complexity index is 485. The van der Waals surface area contributed by atoms with Crippen LogP contribution < -0.4 is 10.6 Å². The number of halogens is 1. The van der Waals surface area contributed by atoms with Gasteiger partial charge in [0.1, 0.15) is 0 Å². The van der Waals surface area contributed by atoms with Gasteiger partial charge in [-0.15, -0.1) is 12.4 Å². The normalized spacial score (nSPS) is 20.9. The Hall–Kier alpha value is -1.10. The first-order valence-electron chi connectivity index (χ1n) is 7.16. The number of rotatable bonds is 5. The molecular formula is C16H25ClN2O2. The zero-order valence-corrected chi connectivity index (χ0v) is 13.8. The van der Waals surface area contributed by atoms with Crippen molar-refractivity contribution in [2.75, 3.05) is 26.8 Å². The first-order valence-corrected chi connectivity index (χ1v) is 7.16. The molecule has 0 saturated carbocycles. The molecule has 0 radical (unpaired) electrons. The Labute approximate surface area is 133 Å². The minimum absolute atomic E-state index is 0. The Balaban J connectivity index is 0.00000220. The first-order chi connectivity index (χ1) is 9.56. The third-order valence-electron chi connectivity index (χ3n) is 3.98. The Kier molecular flexibility index (Phi) is 6.65. The largest absolute Gasteiger partial charge is 0.383 e. The van der Waals surface area contributed by atoms with Crippen LogP contribution >= 0.6 is 12.4 Å². The summed E-state index contributed by atoms with van der Waals surface area (Å²) in [4.78, 5) is 12.3. The molecule has 1 aromatic rings. The molecule has 0 aliphatic carbocycles. The van der Waals surface area contributed by atoms with Crippen molar-refractivity contribution in [3.05, 3.63) is 34.9 Å². The molecular weight excluding hydrogens is 288 g/mol. The van der Waals surface area contributed by atoms with Crippen molar-refractivity contribution in [1.29, 1.82) is 0 Å². The summed E-state index contributed by atoms with van der Waals surface area (Å²) in [6.07, 6.45) is 2.16. The van der Waals surface area contributed by atoms with Gasteiger partial charge < -0.3 is 15.4 Å². The fourth-order valence-electron chi connectivity index (χ4n) is 2.80. The second kappa shape index (κ2) is 7.78. The molecule has 1 aromatic carbocycles. The smallest absolute Gasteiger partial charge is 0.251 e. The van der Waals surface area contributed by atoms with Crippen LogP contribution in [0.3, 0.4) is 0 Å². The lowest BCUT2D eigenvalue weighted by Crippen LogP contribution is -2.53. The Morgan fingerprint density at radius 1 is 1.43 bits per heavy atom. The lowest BCUT2D eigenvalue weighted by Gasteiger charge is -2.29. The van der Waals surface area contributed by atoms with Crippen molar-refractivity contribution >= 4 is 18.3 Å².